The van der Waals surface area contributed by atoms with Crippen molar-refractivity contribution in [2.45, 2.75) is 20.8 Å². The minimum Gasteiger partial charge on any atom is -0.483 e. The summed E-state index contributed by atoms with van der Waals surface area (Å²) in [5.74, 6) is 0.227. The van der Waals surface area contributed by atoms with Crippen molar-refractivity contribution in [1.82, 2.24) is 5.43 Å². The molecule has 0 atom stereocenters. The van der Waals surface area contributed by atoms with Crippen molar-refractivity contribution in [3.63, 3.8) is 0 Å². The Balaban J connectivity index is 1.95. The molecule has 0 unspecified atom stereocenters. The molecule has 0 radical (unpaired) electrons. The minimum absolute atomic E-state index is 0.0310. The third-order valence-electron chi connectivity index (χ3n) is 3.51. The van der Waals surface area contributed by atoms with Crippen LogP contribution in [0.4, 0.5) is 5.69 Å². The molecule has 0 aliphatic rings. The van der Waals surface area contributed by atoms with E-state index in [1.165, 1.54) is 12.1 Å². The van der Waals surface area contributed by atoms with Gasteiger partial charge in [0.1, 0.15) is 5.75 Å². The Bertz CT molecular complexity index is 831. The molecule has 2 aromatic rings. The van der Waals surface area contributed by atoms with Crippen LogP contribution < -0.4 is 10.2 Å². The highest BCUT2D eigenvalue weighted by Gasteiger charge is 2.08. The first-order valence-electron chi connectivity index (χ1n) is 7.65. The SMILES string of the molecule is CC(=NNC(=O)COc1ccc(C)cc1C)c1cccc([N+](=O)[O-])c1. The Morgan fingerprint density at radius 3 is 2.68 bits per heavy atom. The van der Waals surface area contributed by atoms with Crippen molar-refractivity contribution >= 4 is 17.3 Å². The van der Waals surface area contributed by atoms with Crippen LogP contribution >= 0.6 is 0 Å². The Morgan fingerprint density at radius 2 is 2.00 bits per heavy atom. The summed E-state index contributed by atoms with van der Waals surface area (Å²) in [4.78, 5) is 22.2. The molecule has 0 spiro atoms. The number of carbonyl (C=O) groups excluding carboxylic acids is 1. The van der Waals surface area contributed by atoms with Gasteiger partial charge in [-0.1, -0.05) is 29.8 Å². The fraction of sp³-hybridized carbons (Fsp3) is 0.222. The van der Waals surface area contributed by atoms with Gasteiger partial charge in [-0.05, 0) is 32.4 Å². The van der Waals surface area contributed by atoms with Crippen LogP contribution in [-0.4, -0.2) is 23.1 Å². The minimum atomic E-state index is -0.479. The second-order valence-electron chi connectivity index (χ2n) is 5.60. The van der Waals surface area contributed by atoms with E-state index in [1.807, 2.05) is 32.0 Å². The molecule has 0 bridgehead atoms. The standard InChI is InChI=1S/C18H19N3O4/c1-12-7-8-17(13(2)9-12)25-11-18(22)20-19-14(3)15-5-4-6-16(10-15)21(23)24/h4-10H,11H2,1-3H3,(H,20,22). The maximum absolute atomic E-state index is 11.9. The van der Waals surface area contributed by atoms with E-state index >= 15 is 0 Å². The summed E-state index contributed by atoms with van der Waals surface area (Å²) >= 11 is 0. The lowest BCUT2D eigenvalue weighted by atomic mass is 10.1. The van der Waals surface area contributed by atoms with Gasteiger partial charge < -0.3 is 4.74 Å². The molecule has 130 valence electrons. The first-order valence-corrected chi connectivity index (χ1v) is 7.65. The van der Waals surface area contributed by atoms with E-state index in [4.69, 9.17) is 4.74 Å². The summed E-state index contributed by atoms with van der Waals surface area (Å²) in [6, 6.07) is 11.7. The van der Waals surface area contributed by atoms with Crippen LogP contribution in [0.1, 0.15) is 23.6 Å². The van der Waals surface area contributed by atoms with Gasteiger partial charge >= 0.3 is 0 Å². The highest BCUT2D eigenvalue weighted by Crippen LogP contribution is 2.18. The lowest BCUT2D eigenvalue weighted by molar-refractivity contribution is -0.384. The molecule has 7 nitrogen and oxygen atoms in total. The molecule has 0 heterocycles. The zero-order chi connectivity index (χ0) is 18.4. The number of aryl methyl sites for hydroxylation is 2. The maximum atomic E-state index is 11.9. The normalized spacial score (nSPS) is 11.1. The predicted octanol–water partition coefficient (Wildman–Crippen LogP) is 3.13. The van der Waals surface area contributed by atoms with E-state index in [0.717, 1.165) is 11.1 Å². The van der Waals surface area contributed by atoms with Crippen LogP contribution in [0.25, 0.3) is 0 Å². The number of amides is 1. The number of non-ortho nitro benzene ring substituents is 1. The molecule has 0 aliphatic heterocycles. The molecule has 2 aromatic carbocycles. The molecule has 1 amide bonds. The molecule has 0 aromatic heterocycles. The summed E-state index contributed by atoms with van der Waals surface area (Å²) in [7, 11) is 0. The number of benzene rings is 2. The summed E-state index contributed by atoms with van der Waals surface area (Å²) in [6.45, 7) is 5.37. The zero-order valence-corrected chi connectivity index (χ0v) is 14.3. The Kier molecular flexibility index (Phi) is 5.84. The van der Waals surface area contributed by atoms with Gasteiger partial charge in [0.2, 0.25) is 0 Å². The van der Waals surface area contributed by atoms with E-state index in [1.54, 1.807) is 19.1 Å². The molecule has 1 N–H and O–H groups in total. The topological polar surface area (TPSA) is 93.8 Å². The molecular weight excluding hydrogens is 322 g/mol. The lowest BCUT2D eigenvalue weighted by Gasteiger charge is -2.09. The number of nitro benzene ring substituents is 1. The second-order valence-corrected chi connectivity index (χ2v) is 5.60. The van der Waals surface area contributed by atoms with Crippen LogP contribution in [0.3, 0.4) is 0 Å². The molecule has 25 heavy (non-hydrogen) atoms. The molecule has 7 heteroatoms. The van der Waals surface area contributed by atoms with Crippen LogP contribution in [0.2, 0.25) is 0 Å². The third-order valence-corrected chi connectivity index (χ3v) is 3.51. The lowest BCUT2D eigenvalue weighted by Crippen LogP contribution is -2.25. The van der Waals surface area contributed by atoms with E-state index < -0.39 is 10.8 Å². The van der Waals surface area contributed by atoms with Crippen LogP contribution in [-0.2, 0) is 4.79 Å². The fourth-order valence-electron chi connectivity index (χ4n) is 2.19. The summed E-state index contributed by atoms with van der Waals surface area (Å²) < 4.78 is 5.47. The van der Waals surface area contributed by atoms with Crippen molar-refractivity contribution in [2.75, 3.05) is 6.61 Å². The Hall–Kier alpha value is -3.22. The van der Waals surface area contributed by atoms with Crippen molar-refractivity contribution in [3.8, 4) is 5.75 Å². The largest absolute Gasteiger partial charge is 0.483 e. The van der Waals surface area contributed by atoms with Gasteiger partial charge in [0.15, 0.2) is 6.61 Å². The van der Waals surface area contributed by atoms with Crippen molar-refractivity contribution in [3.05, 3.63) is 69.3 Å². The van der Waals surface area contributed by atoms with Gasteiger partial charge in [-0.3, -0.25) is 14.9 Å². The number of nitrogens with one attached hydrogen (secondary N) is 1. The number of hydrogen-bond donors (Lipinski definition) is 1. The van der Waals surface area contributed by atoms with Crippen molar-refractivity contribution < 1.29 is 14.5 Å². The Labute approximate surface area is 145 Å². The zero-order valence-electron chi connectivity index (χ0n) is 14.3. The molecular formula is C18H19N3O4. The number of nitro groups is 1. The van der Waals surface area contributed by atoms with Gasteiger partial charge in [-0.25, -0.2) is 5.43 Å². The molecule has 0 fully saturated rings. The predicted molar refractivity (Wildman–Crippen MR) is 94.9 cm³/mol. The maximum Gasteiger partial charge on any atom is 0.277 e. The number of nitrogens with zero attached hydrogens (tertiary/aromatic N) is 2. The van der Waals surface area contributed by atoms with Crippen LogP contribution in [0.15, 0.2) is 47.6 Å². The van der Waals surface area contributed by atoms with Gasteiger partial charge in [0.05, 0.1) is 10.6 Å². The van der Waals surface area contributed by atoms with Gasteiger partial charge in [-0.2, -0.15) is 5.10 Å². The van der Waals surface area contributed by atoms with E-state index in [-0.39, 0.29) is 12.3 Å². The summed E-state index contributed by atoms with van der Waals surface area (Å²) in [6.07, 6.45) is 0. The number of carbonyl (C=O) groups is 1. The number of ether oxygens (including phenoxy) is 1. The number of hydrogen-bond acceptors (Lipinski definition) is 5. The van der Waals surface area contributed by atoms with Crippen molar-refractivity contribution in [1.29, 1.82) is 0 Å². The monoisotopic (exact) mass is 341 g/mol. The number of rotatable bonds is 6. The molecule has 0 saturated carbocycles. The second kappa shape index (κ2) is 8.05. The highest BCUT2D eigenvalue weighted by molar-refractivity contribution is 5.99. The quantitative estimate of drug-likeness (QED) is 0.496. The number of hydrazone groups is 1. The van der Waals surface area contributed by atoms with Crippen LogP contribution in [0.5, 0.6) is 5.75 Å². The average Bonchev–Trinajstić information content (AvgIpc) is 2.59. The fourth-order valence-corrected chi connectivity index (χ4v) is 2.19. The van der Waals surface area contributed by atoms with E-state index in [2.05, 4.69) is 10.5 Å². The van der Waals surface area contributed by atoms with E-state index in [0.29, 0.717) is 17.0 Å². The smallest absolute Gasteiger partial charge is 0.277 e. The average molecular weight is 341 g/mol. The van der Waals surface area contributed by atoms with Gasteiger partial charge in [0, 0.05) is 17.7 Å². The van der Waals surface area contributed by atoms with Gasteiger partial charge in [-0.15, -0.1) is 0 Å². The summed E-state index contributed by atoms with van der Waals surface area (Å²) in [5, 5.41) is 14.7. The Morgan fingerprint density at radius 1 is 1.24 bits per heavy atom. The first-order chi connectivity index (χ1) is 11.9. The van der Waals surface area contributed by atoms with Crippen molar-refractivity contribution in [2.24, 2.45) is 5.10 Å². The molecule has 2 rings (SSSR count). The van der Waals surface area contributed by atoms with Crippen LogP contribution in [0, 0.1) is 24.0 Å². The first kappa shape index (κ1) is 18.1. The molecule has 0 aliphatic carbocycles. The molecule has 0 saturated heterocycles. The third kappa shape index (κ3) is 5.13. The summed E-state index contributed by atoms with van der Waals surface area (Å²) in [5.41, 5.74) is 5.44. The highest BCUT2D eigenvalue weighted by atomic mass is 16.6. The van der Waals surface area contributed by atoms with Gasteiger partial charge in [0.25, 0.3) is 11.6 Å². The van der Waals surface area contributed by atoms with E-state index in [9.17, 15) is 14.9 Å².